The van der Waals surface area contributed by atoms with E-state index in [1.165, 1.54) is 23.8 Å². The molecule has 0 heterocycles. The lowest BCUT2D eigenvalue weighted by molar-refractivity contribution is 0.304. The first kappa shape index (κ1) is 13.9. The summed E-state index contributed by atoms with van der Waals surface area (Å²) >= 11 is 0. The second-order valence-corrected chi connectivity index (χ2v) is 6.43. The van der Waals surface area contributed by atoms with E-state index in [1.54, 1.807) is 6.07 Å². The van der Waals surface area contributed by atoms with Gasteiger partial charge in [0, 0.05) is 5.39 Å². The Hall–Kier alpha value is -1.50. The standard InChI is InChI=1S/C18H24O/c1-5-8-16(18(2,3)4)14-10-6-11-15-13(14)9-7-12-17(15)19/h6-7,9-12,16,19H,5,8H2,1-4H3. The molecule has 0 saturated carbocycles. The molecule has 1 nitrogen and oxygen atoms in total. The molecule has 0 bridgehead atoms. The van der Waals surface area contributed by atoms with Crippen molar-refractivity contribution in [1.29, 1.82) is 0 Å². The van der Waals surface area contributed by atoms with Crippen LogP contribution < -0.4 is 0 Å². The first-order chi connectivity index (χ1) is 8.95. The quantitative estimate of drug-likeness (QED) is 0.771. The molecule has 0 radical (unpaired) electrons. The third-order valence-corrected chi connectivity index (χ3v) is 3.93. The molecule has 0 aliphatic heterocycles. The van der Waals surface area contributed by atoms with Crippen LogP contribution in [-0.4, -0.2) is 5.11 Å². The molecule has 1 heteroatoms. The van der Waals surface area contributed by atoms with Gasteiger partial charge in [-0.1, -0.05) is 64.4 Å². The van der Waals surface area contributed by atoms with Crippen molar-refractivity contribution in [3.05, 3.63) is 42.0 Å². The first-order valence-electron chi connectivity index (χ1n) is 7.15. The van der Waals surface area contributed by atoms with E-state index in [-0.39, 0.29) is 5.41 Å². The largest absolute Gasteiger partial charge is 0.507 e. The number of hydrogen-bond acceptors (Lipinski definition) is 1. The van der Waals surface area contributed by atoms with Crippen LogP contribution in [0.15, 0.2) is 36.4 Å². The topological polar surface area (TPSA) is 20.2 Å². The molecule has 2 rings (SSSR count). The Bertz CT molecular complexity index is 563. The van der Waals surface area contributed by atoms with Gasteiger partial charge in [-0.05, 0) is 34.8 Å². The van der Waals surface area contributed by atoms with Crippen LogP contribution in [0.2, 0.25) is 0 Å². The predicted molar refractivity (Wildman–Crippen MR) is 82.7 cm³/mol. The molecule has 0 aliphatic carbocycles. The highest BCUT2D eigenvalue weighted by Gasteiger charge is 2.26. The molecule has 2 aromatic rings. The highest BCUT2D eigenvalue weighted by atomic mass is 16.3. The van der Waals surface area contributed by atoms with Crippen LogP contribution in [0.5, 0.6) is 5.75 Å². The van der Waals surface area contributed by atoms with Crippen molar-refractivity contribution in [2.75, 3.05) is 0 Å². The number of aromatic hydroxyl groups is 1. The van der Waals surface area contributed by atoms with Gasteiger partial charge in [-0.2, -0.15) is 0 Å². The fraction of sp³-hybridized carbons (Fsp3) is 0.444. The SMILES string of the molecule is CCCC(c1cccc2c(O)cccc12)C(C)(C)C. The molecule has 1 atom stereocenters. The average Bonchev–Trinajstić information content (AvgIpc) is 2.35. The van der Waals surface area contributed by atoms with E-state index in [0.29, 0.717) is 11.7 Å². The number of phenols is 1. The zero-order chi connectivity index (χ0) is 14.0. The molecule has 0 fully saturated rings. The van der Waals surface area contributed by atoms with Crippen LogP contribution in [-0.2, 0) is 0 Å². The third kappa shape index (κ3) is 2.75. The highest BCUT2D eigenvalue weighted by Crippen LogP contribution is 2.42. The normalized spacial score (nSPS) is 13.7. The van der Waals surface area contributed by atoms with Gasteiger partial charge in [-0.25, -0.2) is 0 Å². The lowest BCUT2D eigenvalue weighted by Crippen LogP contribution is -2.18. The smallest absolute Gasteiger partial charge is 0.123 e. The van der Waals surface area contributed by atoms with E-state index in [2.05, 4.69) is 45.9 Å². The van der Waals surface area contributed by atoms with Gasteiger partial charge in [0.05, 0.1) is 0 Å². The Morgan fingerprint density at radius 1 is 1.00 bits per heavy atom. The second kappa shape index (κ2) is 5.24. The summed E-state index contributed by atoms with van der Waals surface area (Å²) in [5.74, 6) is 0.895. The Balaban J connectivity index is 2.63. The van der Waals surface area contributed by atoms with Crippen LogP contribution >= 0.6 is 0 Å². The van der Waals surface area contributed by atoms with Crippen LogP contribution in [0, 0.1) is 5.41 Å². The fourth-order valence-electron chi connectivity index (χ4n) is 2.97. The van der Waals surface area contributed by atoms with Crippen molar-refractivity contribution in [1.82, 2.24) is 0 Å². The molecule has 1 N–H and O–H groups in total. The minimum Gasteiger partial charge on any atom is -0.507 e. The monoisotopic (exact) mass is 256 g/mol. The van der Waals surface area contributed by atoms with E-state index < -0.39 is 0 Å². The maximum atomic E-state index is 10.0. The van der Waals surface area contributed by atoms with Crippen LogP contribution in [0.25, 0.3) is 10.8 Å². The number of rotatable bonds is 3. The first-order valence-corrected chi connectivity index (χ1v) is 7.15. The lowest BCUT2D eigenvalue weighted by Gasteiger charge is -2.32. The molecule has 102 valence electrons. The maximum Gasteiger partial charge on any atom is 0.123 e. The fourth-order valence-corrected chi connectivity index (χ4v) is 2.97. The number of hydrogen-bond donors (Lipinski definition) is 1. The average molecular weight is 256 g/mol. The maximum absolute atomic E-state index is 10.0. The van der Waals surface area contributed by atoms with E-state index in [1.807, 2.05) is 12.1 Å². The van der Waals surface area contributed by atoms with Gasteiger partial charge in [0.2, 0.25) is 0 Å². The Labute approximate surface area is 116 Å². The van der Waals surface area contributed by atoms with E-state index in [9.17, 15) is 5.11 Å². The van der Waals surface area contributed by atoms with Crippen molar-refractivity contribution < 1.29 is 5.11 Å². The van der Waals surface area contributed by atoms with Crippen LogP contribution in [0.3, 0.4) is 0 Å². The van der Waals surface area contributed by atoms with Crippen molar-refractivity contribution in [2.45, 2.75) is 46.5 Å². The predicted octanol–water partition coefficient (Wildman–Crippen LogP) is 5.48. The molecule has 0 amide bonds. The number of phenolic OH excluding ortho intramolecular Hbond substituents is 1. The molecule has 1 unspecified atom stereocenters. The van der Waals surface area contributed by atoms with Gasteiger partial charge in [-0.15, -0.1) is 0 Å². The molecule has 0 saturated heterocycles. The van der Waals surface area contributed by atoms with E-state index in [4.69, 9.17) is 0 Å². The summed E-state index contributed by atoms with van der Waals surface area (Å²) in [6.07, 6.45) is 2.36. The van der Waals surface area contributed by atoms with Crippen molar-refractivity contribution in [3.63, 3.8) is 0 Å². The summed E-state index contributed by atoms with van der Waals surface area (Å²) in [4.78, 5) is 0. The highest BCUT2D eigenvalue weighted by molar-refractivity contribution is 5.91. The van der Waals surface area contributed by atoms with Crippen molar-refractivity contribution >= 4 is 10.8 Å². The van der Waals surface area contributed by atoms with Gasteiger partial charge in [0.15, 0.2) is 0 Å². The minimum absolute atomic E-state index is 0.232. The van der Waals surface area contributed by atoms with Crippen LogP contribution in [0.1, 0.15) is 52.0 Å². The number of benzene rings is 2. The van der Waals surface area contributed by atoms with Gasteiger partial charge in [0.1, 0.15) is 5.75 Å². The summed E-state index contributed by atoms with van der Waals surface area (Å²) in [6, 6.07) is 12.1. The van der Waals surface area contributed by atoms with Gasteiger partial charge in [0.25, 0.3) is 0 Å². The van der Waals surface area contributed by atoms with Crippen molar-refractivity contribution in [3.8, 4) is 5.75 Å². The molecule has 2 aromatic carbocycles. The second-order valence-electron chi connectivity index (χ2n) is 6.43. The van der Waals surface area contributed by atoms with Gasteiger partial charge < -0.3 is 5.11 Å². The summed E-state index contributed by atoms with van der Waals surface area (Å²) < 4.78 is 0. The molecule has 19 heavy (non-hydrogen) atoms. The minimum atomic E-state index is 0.232. The van der Waals surface area contributed by atoms with Gasteiger partial charge >= 0.3 is 0 Å². The van der Waals surface area contributed by atoms with Gasteiger partial charge in [-0.3, -0.25) is 0 Å². The molecular formula is C18H24O. The Morgan fingerprint density at radius 3 is 2.26 bits per heavy atom. The third-order valence-electron chi connectivity index (χ3n) is 3.93. The molecular weight excluding hydrogens is 232 g/mol. The zero-order valence-electron chi connectivity index (χ0n) is 12.4. The molecule has 0 aliphatic rings. The lowest BCUT2D eigenvalue weighted by atomic mass is 9.73. The Kier molecular flexibility index (Phi) is 3.84. The summed E-state index contributed by atoms with van der Waals surface area (Å²) in [5.41, 5.74) is 1.60. The van der Waals surface area contributed by atoms with Crippen molar-refractivity contribution in [2.24, 2.45) is 5.41 Å². The Morgan fingerprint density at radius 2 is 1.63 bits per heavy atom. The zero-order valence-corrected chi connectivity index (χ0v) is 12.4. The van der Waals surface area contributed by atoms with Crippen LogP contribution in [0.4, 0.5) is 0 Å². The number of fused-ring (bicyclic) bond motifs is 1. The van der Waals surface area contributed by atoms with E-state index >= 15 is 0 Å². The molecule has 0 aromatic heterocycles. The summed E-state index contributed by atoms with van der Waals surface area (Å²) in [6.45, 7) is 9.14. The summed E-state index contributed by atoms with van der Waals surface area (Å²) in [7, 11) is 0. The summed E-state index contributed by atoms with van der Waals surface area (Å²) in [5, 5.41) is 12.2. The van der Waals surface area contributed by atoms with E-state index in [0.717, 1.165) is 5.39 Å². The molecule has 0 spiro atoms.